The van der Waals surface area contributed by atoms with Gasteiger partial charge >= 0.3 is 5.97 Å². The number of nitrogens with one attached hydrogen (secondary N) is 3. The van der Waals surface area contributed by atoms with Crippen LogP contribution in [0.4, 0.5) is 0 Å². The minimum atomic E-state index is -1.04. The van der Waals surface area contributed by atoms with E-state index in [1.165, 1.54) is 17.9 Å². The van der Waals surface area contributed by atoms with Gasteiger partial charge < -0.3 is 20.7 Å². The predicted octanol–water partition coefficient (Wildman–Crippen LogP) is 2.06. The Kier molecular flexibility index (Phi) is 5.98. The molecule has 1 unspecified atom stereocenters. The Morgan fingerprint density at radius 3 is 2.58 bits per heavy atom. The highest BCUT2D eigenvalue weighted by Crippen LogP contribution is 2.19. The minimum absolute atomic E-state index is 0.138. The zero-order valence-corrected chi connectivity index (χ0v) is 14.3. The van der Waals surface area contributed by atoms with Crippen molar-refractivity contribution >= 4 is 22.8 Å². The first-order chi connectivity index (χ1) is 11.4. The van der Waals surface area contributed by atoms with E-state index in [1.807, 2.05) is 25.3 Å². The molecule has 130 valence electrons. The number of hydrogen-bond acceptors (Lipinski definition) is 3. The molecule has 4 N–H and O–H groups in total. The molecule has 0 saturated heterocycles. The molecule has 0 bridgehead atoms. The van der Waals surface area contributed by atoms with Crippen molar-refractivity contribution in [3.8, 4) is 0 Å². The maximum absolute atomic E-state index is 12.0. The van der Waals surface area contributed by atoms with Gasteiger partial charge in [-0.25, -0.2) is 0 Å². The Bertz CT molecular complexity index is 710. The summed E-state index contributed by atoms with van der Waals surface area (Å²) in [7, 11) is 0. The molecule has 24 heavy (non-hydrogen) atoms. The first kappa shape index (κ1) is 18.0. The maximum Gasteiger partial charge on any atom is 0.325 e. The Morgan fingerprint density at radius 2 is 1.88 bits per heavy atom. The number of aliphatic carboxylic acids is 1. The molecule has 3 atom stereocenters. The number of carbonyl (C=O) groups is 2. The quantitative estimate of drug-likeness (QED) is 0.595. The summed E-state index contributed by atoms with van der Waals surface area (Å²) in [6.07, 6.45) is 3.81. The van der Waals surface area contributed by atoms with Crippen LogP contribution in [0.2, 0.25) is 0 Å². The van der Waals surface area contributed by atoms with E-state index in [0.717, 1.165) is 18.4 Å². The Labute approximate surface area is 141 Å². The highest BCUT2D eigenvalue weighted by atomic mass is 16.4. The largest absolute Gasteiger partial charge is 0.480 e. The molecule has 0 aliphatic heterocycles. The fourth-order valence-electron chi connectivity index (χ4n) is 2.70. The Morgan fingerprint density at radius 1 is 1.17 bits per heavy atom. The van der Waals surface area contributed by atoms with Gasteiger partial charge in [-0.3, -0.25) is 9.59 Å². The molecule has 2 aromatic rings. The average molecular weight is 331 g/mol. The third-order valence-corrected chi connectivity index (χ3v) is 4.18. The molecule has 1 aromatic carbocycles. The number of para-hydroxylation sites is 1. The van der Waals surface area contributed by atoms with Crippen molar-refractivity contribution in [1.29, 1.82) is 0 Å². The normalized spacial score (nSPS) is 15.0. The topological polar surface area (TPSA) is 94.2 Å². The second-order valence-electron chi connectivity index (χ2n) is 6.26. The maximum atomic E-state index is 12.0. The molecular weight excluding hydrogens is 306 g/mol. The molecule has 1 amide bonds. The summed E-state index contributed by atoms with van der Waals surface area (Å²) in [6, 6.07) is 6.99. The van der Waals surface area contributed by atoms with E-state index in [4.69, 9.17) is 5.11 Å². The SMILES string of the molecule is CC(CCc1c[nH]c2ccccc12)N[C@@H](C)C(=O)N[C@@H](C)C(=O)O. The number of carbonyl (C=O) groups excluding carboxylic acids is 1. The van der Waals surface area contributed by atoms with Crippen LogP contribution in [-0.4, -0.2) is 40.1 Å². The van der Waals surface area contributed by atoms with Crippen LogP contribution in [0.25, 0.3) is 10.9 Å². The van der Waals surface area contributed by atoms with Crippen molar-refractivity contribution in [2.45, 2.75) is 51.7 Å². The van der Waals surface area contributed by atoms with E-state index < -0.39 is 18.1 Å². The molecule has 0 fully saturated rings. The second kappa shape index (κ2) is 7.97. The van der Waals surface area contributed by atoms with Gasteiger partial charge in [-0.05, 0) is 45.2 Å². The van der Waals surface area contributed by atoms with Crippen LogP contribution < -0.4 is 10.6 Å². The van der Waals surface area contributed by atoms with E-state index in [1.54, 1.807) is 6.92 Å². The molecule has 1 aromatic heterocycles. The Hall–Kier alpha value is -2.34. The fourth-order valence-corrected chi connectivity index (χ4v) is 2.70. The monoisotopic (exact) mass is 331 g/mol. The number of amides is 1. The summed E-state index contributed by atoms with van der Waals surface area (Å²) < 4.78 is 0. The van der Waals surface area contributed by atoms with Gasteiger partial charge in [0.25, 0.3) is 0 Å². The molecule has 6 heteroatoms. The van der Waals surface area contributed by atoms with E-state index in [2.05, 4.69) is 27.8 Å². The molecule has 0 saturated carbocycles. The predicted molar refractivity (Wildman–Crippen MR) is 93.9 cm³/mol. The van der Waals surface area contributed by atoms with Crippen molar-refractivity contribution in [1.82, 2.24) is 15.6 Å². The third kappa shape index (κ3) is 4.58. The summed E-state index contributed by atoms with van der Waals surface area (Å²) in [5, 5.41) is 15.8. The van der Waals surface area contributed by atoms with Gasteiger partial charge in [-0.1, -0.05) is 18.2 Å². The van der Waals surface area contributed by atoms with Gasteiger partial charge in [0.15, 0.2) is 0 Å². The lowest BCUT2D eigenvalue weighted by Gasteiger charge is -2.20. The summed E-state index contributed by atoms with van der Waals surface area (Å²) in [5.41, 5.74) is 2.39. The number of H-pyrrole nitrogens is 1. The third-order valence-electron chi connectivity index (χ3n) is 4.18. The van der Waals surface area contributed by atoms with Gasteiger partial charge in [-0.15, -0.1) is 0 Å². The number of fused-ring (bicyclic) bond motifs is 1. The van der Waals surface area contributed by atoms with Gasteiger partial charge in [0, 0.05) is 23.1 Å². The van der Waals surface area contributed by atoms with Gasteiger partial charge in [0.1, 0.15) is 6.04 Å². The van der Waals surface area contributed by atoms with Crippen molar-refractivity contribution in [3.63, 3.8) is 0 Å². The smallest absolute Gasteiger partial charge is 0.325 e. The van der Waals surface area contributed by atoms with E-state index in [0.29, 0.717) is 0 Å². The van der Waals surface area contributed by atoms with Crippen molar-refractivity contribution in [3.05, 3.63) is 36.0 Å². The van der Waals surface area contributed by atoms with E-state index in [9.17, 15) is 9.59 Å². The minimum Gasteiger partial charge on any atom is -0.480 e. The Balaban J connectivity index is 1.83. The molecule has 0 spiro atoms. The molecule has 0 aliphatic rings. The first-order valence-electron chi connectivity index (χ1n) is 8.22. The van der Waals surface area contributed by atoms with Crippen molar-refractivity contribution in [2.24, 2.45) is 0 Å². The number of carboxylic acids is 1. The zero-order chi connectivity index (χ0) is 17.7. The van der Waals surface area contributed by atoms with Crippen LogP contribution in [0.15, 0.2) is 30.5 Å². The number of aromatic nitrogens is 1. The lowest BCUT2D eigenvalue weighted by molar-refractivity contribution is -0.141. The van der Waals surface area contributed by atoms with Gasteiger partial charge in [0.2, 0.25) is 5.91 Å². The lowest BCUT2D eigenvalue weighted by Crippen LogP contribution is -2.49. The summed E-state index contributed by atoms with van der Waals surface area (Å²) in [6.45, 7) is 5.22. The van der Waals surface area contributed by atoms with Crippen LogP contribution in [0, 0.1) is 0 Å². The number of benzene rings is 1. The first-order valence-corrected chi connectivity index (χ1v) is 8.22. The van der Waals surface area contributed by atoms with Crippen LogP contribution in [0.1, 0.15) is 32.8 Å². The second-order valence-corrected chi connectivity index (χ2v) is 6.26. The molecule has 0 radical (unpaired) electrons. The van der Waals surface area contributed by atoms with Crippen LogP contribution >= 0.6 is 0 Å². The van der Waals surface area contributed by atoms with E-state index >= 15 is 0 Å². The highest BCUT2D eigenvalue weighted by Gasteiger charge is 2.20. The molecule has 1 heterocycles. The number of carboxylic acid groups (broad SMARTS) is 1. The van der Waals surface area contributed by atoms with Crippen LogP contribution in [0.3, 0.4) is 0 Å². The number of aryl methyl sites for hydroxylation is 1. The molecule has 0 aliphatic carbocycles. The number of hydrogen-bond donors (Lipinski definition) is 4. The lowest BCUT2D eigenvalue weighted by atomic mass is 10.0. The highest BCUT2D eigenvalue weighted by molar-refractivity contribution is 5.86. The fraction of sp³-hybridized carbons (Fsp3) is 0.444. The number of aromatic amines is 1. The summed E-state index contributed by atoms with van der Waals surface area (Å²) >= 11 is 0. The van der Waals surface area contributed by atoms with Crippen LogP contribution in [-0.2, 0) is 16.0 Å². The van der Waals surface area contributed by atoms with Gasteiger partial charge in [0.05, 0.1) is 6.04 Å². The van der Waals surface area contributed by atoms with E-state index in [-0.39, 0.29) is 11.9 Å². The zero-order valence-electron chi connectivity index (χ0n) is 14.3. The number of rotatable bonds is 8. The summed E-state index contributed by atoms with van der Waals surface area (Å²) in [4.78, 5) is 26.0. The molecule has 6 nitrogen and oxygen atoms in total. The molecule has 2 rings (SSSR count). The van der Waals surface area contributed by atoms with Crippen molar-refractivity contribution < 1.29 is 14.7 Å². The standard InChI is InChI=1S/C18H25N3O3/c1-11(20-12(2)17(22)21-13(3)18(23)24)8-9-14-10-19-16-7-5-4-6-15(14)16/h4-7,10-13,19-20H,8-9H2,1-3H3,(H,21,22)(H,23,24)/t11?,12-,13-/m0/s1. The average Bonchev–Trinajstić information content (AvgIpc) is 2.95. The summed E-state index contributed by atoms with van der Waals surface area (Å²) in [5.74, 6) is -1.34. The van der Waals surface area contributed by atoms with Crippen molar-refractivity contribution in [2.75, 3.05) is 0 Å². The van der Waals surface area contributed by atoms with Gasteiger partial charge in [-0.2, -0.15) is 0 Å². The van der Waals surface area contributed by atoms with Crippen LogP contribution in [0.5, 0.6) is 0 Å². The molecular formula is C18H25N3O3.